The molecule has 2 saturated heterocycles. The summed E-state index contributed by atoms with van der Waals surface area (Å²) in [5, 5.41) is 12.6. The number of aliphatic carboxylic acids is 1. The summed E-state index contributed by atoms with van der Waals surface area (Å²) in [5.41, 5.74) is 1.44. The number of hydrogen-bond donors (Lipinski definition) is 1. The Labute approximate surface area is 144 Å². The zero-order valence-corrected chi connectivity index (χ0v) is 13.5. The first kappa shape index (κ1) is 14.7. The van der Waals surface area contributed by atoms with E-state index in [1.807, 2.05) is 30.5 Å². The molecule has 1 aromatic carbocycles. The van der Waals surface area contributed by atoms with E-state index in [1.165, 1.54) is 0 Å². The van der Waals surface area contributed by atoms with Crippen LogP contribution in [0.3, 0.4) is 0 Å². The number of aromatic nitrogens is 1. The fourth-order valence-corrected chi connectivity index (χ4v) is 4.63. The quantitative estimate of drug-likeness (QED) is 0.810. The number of para-hydroxylation sites is 1. The van der Waals surface area contributed by atoms with E-state index in [4.69, 9.17) is 4.74 Å². The van der Waals surface area contributed by atoms with Crippen LogP contribution >= 0.6 is 0 Å². The molecule has 128 valence electrons. The van der Waals surface area contributed by atoms with E-state index in [0.29, 0.717) is 19.5 Å². The highest BCUT2D eigenvalue weighted by Gasteiger charge is 2.65. The van der Waals surface area contributed by atoms with Gasteiger partial charge in [-0.1, -0.05) is 30.4 Å². The molecule has 2 bridgehead atoms. The largest absolute Gasteiger partial charge is 0.550 e. The summed E-state index contributed by atoms with van der Waals surface area (Å²) in [6.45, 7) is 0.955. The molecule has 25 heavy (non-hydrogen) atoms. The Hall–Kier alpha value is -2.60. The Balaban J connectivity index is 1.37. The molecule has 2 fully saturated rings. The predicted molar refractivity (Wildman–Crippen MR) is 87.3 cm³/mol. The van der Waals surface area contributed by atoms with Crippen LogP contribution in [-0.4, -0.2) is 46.6 Å². The number of likely N-dealkylation sites (tertiary alicyclic amines) is 1. The van der Waals surface area contributed by atoms with Crippen LogP contribution in [0.25, 0.3) is 10.9 Å². The number of carboxylic acid groups (broad SMARTS) is 1. The Kier molecular flexibility index (Phi) is 2.92. The van der Waals surface area contributed by atoms with Crippen molar-refractivity contribution in [3.05, 3.63) is 48.2 Å². The van der Waals surface area contributed by atoms with Crippen molar-refractivity contribution in [3.63, 3.8) is 0 Å². The number of hydrogen-bond acceptors (Lipinski definition) is 4. The highest BCUT2D eigenvalue weighted by molar-refractivity contribution is 5.90. The van der Waals surface area contributed by atoms with Gasteiger partial charge in [-0.15, -0.1) is 0 Å². The molecule has 1 aromatic heterocycles. The standard InChI is InChI=1S/C19H18N2O4/c22-17-16-15(18(23)24)14-5-7-19(16,25-14)10-21(17)8-6-11-9-20-13-4-2-1-3-12(11)13/h1-5,7,9,14-16,20H,6,8,10H2,(H,23,24)/p-1/t14-,15+,16+,19+/m0/s1. The van der Waals surface area contributed by atoms with E-state index in [2.05, 4.69) is 11.1 Å². The van der Waals surface area contributed by atoms with Gasteiger partial charge in [-0.05, 0) is 18.1 Å². The summed E-state index contributed by atoms with van der Waals surface area (Å²) in [7, 11) is 0. The molecule has 5 rings (SSSR count). The minimum Gasteiger partial charge on any atom is -0.550 e. The molecule has 2 aromatic rings. The van der Waals surface area contributed by atoms with Crippen molar-refractivity contribution in [2.45, 2.75) is 18.1 Å². The lowest BCUT2D eigenvalue weighted by Gasteiger charge is -2.24. The van der Waals surface area contributed by atoms with Crippen LogP contribution in [0.2, 0.25) is 0 Å². The van der Waals surface area contributed by atoms with E-state index in [-0.39, 0.29) is 5.91 Å². The first-order valence-corrected chi connectivity index (χ1v) is 8.51. The number of carboxylic acids is 1. The predicted octanol–water partition coefficient (Wildman–Crippen LogP) is 0.242. The molecule has 0 unspecified atom stereocenters. The van der Waals surface area contributed by atoms with Crippen molar-refractivity contribution >= 4 is 22.8 Å². The van der Waals surface area contributed by atoms with Crippen molar-refractivity contribution in [2.75, 3.05) is 13.1 Å². The third-order valence-corrected chi connectivity index (χ3v) is 5.78. The molecule has 1 N–H and O–H groups in total. The van der Waals surface area contributed by atoms with Crippen LogP contribution in [0.4, 0.5) is 0 Å². The van der Waals surface area contributed by atoms with Crippen molar-refractivity contribution in [1.29, 1.82) is 0 Å². The maximum atomic E-state index is 12.8. The zero-order valence-electron chi connectivity index (χ0n) is 13.5. The molecule has 3 aliphatic rings. The maximum absolute atomic E-state index is 12.8. The third-order valence-electron chi connectivity index (χ3n) is 5.78. The number of H-pyrrole nitrogens is 1. The van der Waals surface area contributed by atoms with E-state index >= 15 is 0 Å². The number of amides is 1. The number of benzene rings is 1. The molecular weight excluding hydrogens is 320 g/mol. The fourth-order valence-electron chi connectivity index (χ4n) is 4.63. The number of nitrogens with one attached hydrogen (secondary N) is 1. The zero-order chi connectivity index (χ0) is 17.2. The van der Waals surface area contributed by atoms with Gasteiger partial charge in [0.15, 0.2) is 0 Å². The first-order chi connectivity index (χ1) is 12.1. The summed E-state index contributed by atoms with van der Waals surface area (Å²) < 4.78 is 5.87. The second kappa shape index (κ2) is 4.95. The van der Waals surface area contributed by atoms with Crippen LogP contribution in [0.5, 0.6) is 0 Å². The lowest BCUT2D eigenvalue weighted by Crippen LogP contribution is -2.45. The van der Waals surface area contributed by atoms with Gasteiger partial charge in [0.1, 0.15) is 5.60 Å². The van der Waals surface area contributed by atoms with Gasteiger partial charge in [0.05, 0.1) is 18.6 Å². The number of nitrogens with zero attached hydrogens (tertiary/aromatic N) is 1. The van der Waals surface area contributed by atoms with Crippen LogP contribution < -0.4 is 5.11 Å². The summed E-state index contributed by atoms with van der Waals surface area (Å²) in [6, 6.07) is 8.05. The van der Waals surface area contributed by atoms with Crippen LogP contribution in [-0.2, 0) is 20.7 Å². The van der Waals surface area contributed by atoms with E-state index in [0.717, 1.165) is 16.5 Å². The number of rotatable bonds is 4. The lowest BCUT2D eigenvalue weighted by atomic mass is 9.77. The van der Waals surface area contributed by atoms with Gasteiger partial charge < -0.3 is 24.5 Å². The van der Waals surface area contributed by atoms with Gasteiger partial charge in [-0.25, -0.2) is 0 Å². The molecule has 0 aliphatic carbocycles. The topological polar surface area (TPSA) is 85.5 Å². The van der Waals surface area contributed by atoms with Crippen LogP contribution in [0.1, 0.15) is 5.56 Å². The van der Waals surface area contributed by atoms with Crippen molar-refractivity contribution in [3.8, 4) is 0 Å². The van der Waals surface area contributed by atoms with Gasteiger partial charge in [0.2, 0.25) is 5.91 Å². The van der Waals surface area contributed by atoms with Gasteiger partial charge in [-0.3, -0.25) is 4.79 Å². The average Bonchev–Trinajstić information content (AvgIpc) is 3.33. The van der Waals surface area contributed by atoms with Crippen molar-refractivity contribution in [1.82, 2.24) is 9.88 Å². The van der Waals surface area contributed by atoms with E-state index in [1.54, 1.807) is 11.0 Å². The SMILES string of the molecule is O=C([O-])[C@@H]1[C@@H]2C=C[C@]3(CN(CCc4c[nH]c5ccccc45)C(=O)[C@@H]13)O2. The number of carbonyl (C=O) groups excluding carboxylic acids is 2. The lowest BCUT2D eigenvalue weighted by molar-refractivity contribution is -0.313. The van der Waals surface area contributed by atoms with Crippen molar-refractivity contribution < 1.29 is 19.4 Å². The Morgan fingerprint density at radius 2 is 2.24 bits per heavy atom. The van der Waals surface area contributed by atoms with E-state index < -0.39 is 29.5 Å². The molecule has 0 radical (unpaired) electrons. The number of aromatic amines is 1. The third kappa shape index (κ3) is 1.94. The Morgan fingerprint density at radius 3 is 3.08 bits per heavy atom. The molecule has 6 nitrogen and oxygen atoms in total. The molecule has 3 aliphatic heterocycles. The maximum Gasteiger partial charge on any atom is 0.229 e. The second-order valence-electron chi connectivity index (χ2n) is 7.09. The minimum atomic E-state index is -1.20. The monoisotopic (exact) mass is 337 g/mol. The van der Waals surface area contributed by atoms with Gasteiger partial charge in [0.25, 0.3) is 0 Å². The van der Waals surface area contributed by atoms with Gasteiger partial charge in [0, 0.05) is 35.5 Å². The summed E-state index contributed by atoms with van der Waals surface area (Å²) in [5.74, 6) is -2.87. The summed E-state index contributed by atoms with van der Waals surface area (Å²) >= 11 is 0. The van der Waals surface area contributed by atoms with Crippen LogP contribution in [0.15, 0.2) is 42.6 Å². The van der Waals surface area contributed by atoms with Gasteiger partial charge >= 0.3 is 0 Å². The van der Waals surface area contributed by atoms with E-state index in [9.17, 15) is 14.7 Å². The molecule has 1 amide bonds. The summed E-state index contributed by atoms with van der Waals surface area (Å²) in [6.07, 6.45) is 5.77. The number of fused-ring (bicyclic) bond motifs is 2. The molecule has 1 spiro atoms. The highest BCUT2D eigenvalue weighted by Crippen LogP contribution is 2.51. The molecular formula is C19H17N2O4-. The smallest absolute Gasteiger partial charge is 0.229 e. The normalized spacial score (nSPS) is 32.7. The number of carbonyl (C=O) groups is 2. The first-order valence-electron chi connectivity index (χ1n) is 8.51. The Bertz CT molecular complexity index is 917. The molecule has 0 saturated carbocycles. The minimum absolute atomic E-state index is 0.138. The van der Waals surface area contributed by atoms with Gasteiger partial charge in [-0.2, -0.15) is 0 Å². The van der Waals surface area contributed by atoms with Crippen molar-refractivity contribution in [2.24, 2.45) is 11.8 Å². The molecule has 4 heterocycles. The molecule has 4 atom stereocenters. The number of ether oxygens (including phenoxy) is 1. The molecule has 6 heteroatoms. The van der Waals surface area contributed by atoms with Crippen LogP contribution in [0, 0.1) is 11.8 Å². The second-order valence-corrected chi connectivity index (χ2v) is 7.09. The Morgan fingerprint density at radius 1 is 1.40 bits per heavy atom. The highest BCUT2D eigenvalue weighted by atomic mass is 16.5. The fraction of sp³-hybridized carbons (Fsp3) is 0.368. The summed E-state index contributed by atoms with van der Waals surface area (Å²) in [4.78, 5) is 29.3. The average molecular weight is 337 g/mol.